The van der Waals surface area contributed by atoms with Gasteiger partial charge in [-0.3, -0.25) is 9.59 Å². The summed E-state index contributed by atoms with van der Waals surface area (Å²) in [5.74, 6) is -1.86. The van der Waals surface area contributed by atoms with Gasteiger partial charge in [0, 0.05) is 6.54 Å². The second-order valence-corrected chi connectivity index (χ2v) is 3.15. The van der Waals surface area contributed by atoms with E-state index in [1.54, 1.807) is 0 Å². The summed E-state index contributed by atoms with van der Waals surface area (Å²) in [5, 5.41) is 11.3. The third-order valence-corrected chi connectivity index (χ3v) is 2.33. The average Bonchev–Trinajstić information content (AvgIpc) is 2.05. The zero-order valence-corrected chi connectivity index (χ0v) is 7.04. The number of carboxylic acids is 1. The van der Waals surface area contributed by atoms with Crippen LogP contribution in [0.25, 0.3) is 0 Å². The third-order valence-electron chi connectivity index (χ3n) is 2.33. The molecule has 0 aliphatic carbocycles. The molecule has 0 aromatic carbocycles. The van der Waals surface area contributed by atoms with Crippen LogP contribution in [-0.4, -0.2) is 23.5 Å². The molecule has 1 aliphatic heterocycles. The SMILES string of the molecule is CC[C@H]1CNC(=O)[C@H](C(=O)O)C1. The summed E-state index contributed by atoms with van der Waals surface area (Å²) in [6.45, 7) is 2.63. The maximum atomic E-state index is 11.0. The molecule has 2 atom stereocenters. The van der Waals surface area contributed by atoms with Gasteiger partial charge in [-0.15, -0.1) is 0 Å². The van der Waals surface area contributed by atoms with E-state index in [0.29, 0.717) is 18.9 Å². The molecular weight excluding hydrogens is 158 g/mol. The Morgan fingerprint density at radius 3 is 2.92 bits per heavy atom. The Bertz CT molecular complexity index is 202. The van der Waals surface area contributed by atoms with Crippen molar-refractivity contribution in [2.24, 2.45) is 11.8 Å². The van der Waals surface area contributed by atoms with Gasteiger partial charge in [-0.1, -0.05) is 13.3 Å². The number of carboxylic acid groups (broad SMARTS) is 1. The number of rotatable bonds is 2. The topological polar surface area (TPSA) is 66.4 Å². The smallest absolute Gasteiger partial charge is 0.316 e. The number of carbonyl (C=O) groups is 2. The minimum Gasteiger partial charge on any atom is -0.481 e. The van der Waals surface area contributed by atoms with Crippen molar-refractivity contribution in [2.75, 3.05) is 6.54 Å². The molecule has 1 aliphatic rings. The Labute approximate surface area is 71.0 Å². The second kappa shape index (κ2) is 3.56. The molecule has 0 aromatic heterocycles. The van der Waals surface area contributed by atoms with Crippen molar-refractivity contribution in [1.29, 1.82) is 0 Å². The number of amides is 1. The van der Waals surface area contributed by atoms with Crippen LogP contribution in [0.15, 0.2) is 0 Å². The molecule has 4 nitrogen and oxygen atoms in total. The lowest BCUT2D eigenvalue weighted by Crippen LogP contribution is -2.44. The van der Waals surface area contributed by atoms with Crippen molar-refractivity contribution in [2.45, 2.75) is 19.8 Å². The minimum absolute atomic E-state index is 0.323. The zero-order valence-electron chi connectivity index (χ0n) is 7.04. The third kappa shape index (κ3) is 1.75. The van der Waals surface area contributed by atoms with Crippen LogP contribution in [0.1, 0.15) is 19.8 Å². The van der Waals surface area contributed by atoms with Gasteiger partial charge in [-0.2, -0.15) is 0 Å². The Morgan fingerprint density at radius 2 is 2.42 bits per heavy atom. The molecule has 1 saturated heterocycles. The second-order valence-electron chi connectivity index (χ2n) is 3.15. The van der Waals surface area contributed by atoms with Crippen LogP contribution in [-0.2, 0) is 9.59 Å². The summed E-state index contributed by atoms with van der Waals surface area (Å²) in [7, 11) is 0. The molecular formula is C8H13NO3. The highest BCUT2D eigenvalue weighted by Crippen LogP contribution is 2.19. The monoisotopic (exact) mass is 171 g/mol. The van der Waals surface area contributed by atoms with E-state index in [-0.39, 0.29) is 5.91 Å². The van der Waals surface area contributed by atoms with E-state index in [1.807, 2.05) is 6.92 Å². The van der Waals surface area contributed by atoms with E-state index in [0.717, 1.165) is 6.42 Å². The molecule has 1 amide bonds. The van der Waals surface area contributed by atoms with Gasteiger partial charge in [0.15, 0.2) is 0 Å². The van der Waals surface area contributed by atoms with Gasteiger partial charge < -0.3 is 10.4 Å². The van der Waals surface area contributed by atoms with Gasteiger partial charge in [-0.25, -0.2) is 0 Å². The molecule has 4 heteroatoms. The number of piperidine rings is 1. The lowest BCUT2D eigenvalue weighted by atomic mass is 9.88. The molecule has 1 heterocycles. The fourth-order valence-electron chi connectivity index (χ4n) is 1.42. The van der Waals surface area contributed by atoms with Crippen LogP contribution in [0.4, 0.5) is 0 Å². The molecule has 12 heavy (non-hydrogen) atoms. The molecule has 0 spiro atoms. The molecule has 0 saturated carbocycles. The van der Waals surface area contributed by atoms with E-state index in [1.165, 1.54) is 0 Å². The van der Waals surface area contributed by atoms with Gasteiger partial charge in [0.1, 0.15) is 5.92 Å². The normalized spacial score (nSPS) is 29.6. The Morgan fingerprint density at radius 1 is 1.75 bits per heavy atom. The predicted molar refractivity (Wildman–Crippen MR) is 42.5 cm³/mol. The first kappa shape index (κ1) is 9.03. The largest absolute Gasteiger partial charge is 0.481 e. The van der Waals surface area contributed by atoms with Gasteiger partial charge in [0.2, 0.25) is 5.91 Å². The number of carbonyl (C=O) groups excluding carboxylic acids is 1. The van der Waals surface area contributed by atoms with Crippen molar-refractivity contribution in [3.8, 4) is 0 Å². The zero-order chi connectivity index (χ0) is 9.14. The molecule has 0 aromatic rings. The minimum atomic E-state index is -1.01. The highest BCUT2D eigenvalue weighted by atomic mass is 16.4. The highest BCUT2D eigenvalue weighted by molar-refractivity contribution is 5.97. The first-order valence-electron chi connectivity index (χ1n) is 4.15. The van der Waals surface area contributed by atoms with Crippen molar-refractivity contribution < 1.29 is 14.7 Å². The van der Waals surface area contributed by atoms with Gasteiger partial charge in [-0.05, 0) is 12.3 Å². The standard InChI is InChI=1S/C8H13NO3/c1-2-5-3-6(8(11)12)7(10)9-4-5/h5-6H,2-4H2,1H3,(H,9,10)(H,11,12)/t5-,6-/m1/s1. The van der Waals surface area contributed by atoms with Crippen LogP contribution in [0.5, 0.6) is 0 Å². The molecule has 0 unspecified atom stereocenters. The van der Waals surface area contributed by atoms with Crippen molar-refractivity contribution >= 4 is 11.9 Å². The summed E-state index contributed by atoms with van der Waals surface area (Å²) in [6.07, 6.45) is 1.40. The van der Waals surface area contributed by atoms with Crippen LogP contribution < -0.4 is 5.32 Å². The van der Waals surface area contributed by atoms with E-state index in [4.69, 9.17) is 5.11 Å². The van der Waals surface area contributed by atoms with Crippen molar-refractivity contribution in [3.63, 3.8) is 0 Å². The maximum Gasteiger partial charge on any atom is 0.316 e. The lowest BCUT2D eigenvalue weighted by molar-refractivity contribution is -0.149. The van der Waals surface area contributed by atoms with E-state index in [2.05, 4.69) is 5.32 Å². The van der Waals surface area contributed by atoms with E-state index < -0.39 is 11.9 Å². The summed E-state index contributed by atoms with van der Waals surface area (Å²) in [5.41, 5.74) is 0. The summed E-state index contributed by atoms with van der Waals surface area (Å²) in [4.78, 5) is 21.6. The van der Waals surface area contributed by atoms with Gasteiger partial charge in [0.05, 0.1) is 0 Å². The number of aliphatic carboxylic acids is 1. The van der Waals surface area contributed by atoms with E-state index in [9.17, 15) is 9.59 Å². The van der Waals surface area contributed by atoms with Crippen molar-refractivity contribution in [3.05, 3.63) is 0 Å². The highest BCUT2D eigenvalue weighted by Gasteiger charge is 2.32. The van der Waals surface area contributed by atoms with Crippen molar-refractivity contribution in [1.82, 2.24) is 5.32 Å². The van der Waals surface area contributed by atoms with Crippen LogP contribution >= 0.6 is 0 Å². The fourth-order valence-corrected chi connectivity index (χ4v) is 1.42. The predicted octanol–water partition coefficient (Wildman–Crippen LogP) is 0.233. The molecule has 0 radical (unpaired) electrons. The van der Waals surface area contributed by atoms with Crippen LogP contribution in [0.3, 0.4) is 0 Å². The fraction of sp³-hybridized carbons (Fsp3) is 0.750. The lowest BCUT2D eigenvalue weighted by Gasteiger charge is -2.25. The van der Waals surface area contributed by atoms with Crippen LogP contribution in [0, 0.1) is 11.8 Å². The summed E-state index contributed by atoms with van der Waals surface area (Å²) >= 11 is 0. The molecule has 2 N–H and O–H groups in total. The molecule has 1 rings (SSSR count). The molecule has 1 fully saturated rings. The number of hydrogen-bond donors (Lipinski definition) is 2. The first-order valence-corrected chi connectivity index (χ1v) is 4.15. The Kier molecular flexibility index (Phi) is 2.68. The van der Waals surface area contributed by atoms with Gasteiger partial charge >= 0.3 is 5.97 Å². The quantitative estimate of drug-likeness (QED) is 0.584. The average molecular weight is 171 g/mol. The van der Waals surface area contributed by atoms with Gasteiger partial charge in [0.25, 0.3) is 0 Å². The Hall–Kier alpha value is -1.06. The van der Waals surface area contributed by atoms with Crippen LogP contribution in [0.2, 0.25) is 0 Å². The number of nitrogens with one attached hydrogen (secondary N) is 1. The van der Waals surface area contributed by atoms with E-state index >= 15 is 0 Å². The maximum absolute atomic E-state index is 11.0. The summed E-state index contributed by atoms with van der Waals surface area (Å²) in [6, 6.07) is 0. The Balaban J connectivity index is 2.59. The molecule has 68 valence electrons. The first-order chi connectivity index (χ1) is 5.65. The number of hydrogen-bond acceptors (Lipinski definition) is 2. The molecule has 0 bridgehead atoms. The summed E-state index contributed by atoms with van der Waals surface area (Å²) < 4.78 is 0.